The van der Waals surface area contributed by atoms with Crippen molar-refractivity contribution in [1.82, 2.24) is 5.32 Å². The zero-order valence-corrected chi connectivity index (χ0v) is 10.8. The predicted molar refractivity (Wildman–Crippen MR) is 69.6 cm³/mol. The Bertz CT molecular complexity index is 507. The fourth-order valence-corrected chi connectivity index (χ4v) is 1.32. The molecule has 1 amide bonds. The molecule has 18 heavy (non-hydrogen) atoms. The van der Waals surface area contributed by atoms with E-state index in [1.807, 2.05) is 20.8 Å². The molecule has 0 aliphatic rings. The molecule has 0 unspecified atom stereocenters. The summed E-state index contributed by atoms with van der Waals surface area (Å²) in [6, 6.07) is 4.21. The van der Waals surface area contributed by atoms with Crippen molar-refractivity contribution in [3.8, 4) is 11.8 Å². The molecule has 0 aromatic heterocycles. The van der Waals surface area contributed by atoms with Crippen molar-refractivity contribution in [2.24, 2.45) is 5.73 Å². The maximum Gasteiger partial charge on any atom is 0.251 e. The lowest BCUT2D eigenvalue weighted by atomic mass is 10.1. The second kappa shape index (κ2) is 5.65. The van der Waals surface area contributed by atoms with E-state index in [9.17, 15) is 9.18 Å². The van der Waals surface area contributed by atoms with Crippen molar-refractivity contribution in [3.05, 3.63) is 35.1 Å². The Kier molecular flexibility index (Phi) is 4.46. The van der Waals surface area contributed by atoms with Crippen LogP contribution in [0.2, 0.25) is 0 Å². The molecule has 1 rings (SSSR count). The number of carbonyl (C=O) groups is 1. The molecule has 0 radical (unpaired) electrons. The summed E-state index contributed by atoms with van der Waals surface area (Å²) in [6.45, 7) is 5.76. The molecule has 0 saturated carbocycles. The van der Waals surface area contributed by atoms with Gasteiger partial charge in [0.25, 0.3) is 5.91 Å². The number of nitrogens with two attached hydrogens (primary N) is 1. The van der Waals surface area contributed by atoms with Gasteiger partial charge >= 0.3 is 0 Å². The third kappa shape index (κ3) is 4.19. The number of hydrogen-bond donors (Lipinski definition) is 2. The summed E-state index contributed by atoms with van der Waals surface area (Å²) < 4.78 is 13.6. The highest BCUT2D eigenvalue weighted by Crippen LogP contribution is 2.11. The van der Waals surface area contributed by atoms with Crippen LogP contribution in [0.25, 0.3) is 0 Å². The van der Waals surface area contributed by atoms with Crippen molar-refractivity contribution in [2.45, 2.75) is 26.3 Å². The first-order valence-electron chi connectivity index (χ1n) is 5.64. The van der Waals surface area contributed by atoms with Gasteiger partial charge in [-0.2, -0.15) is 0 Å². The van der Waals surface area contributed by atoms with Crippen LogP contribution in [0.3, 0.4) is 0 Å². The van der Waals surface area contributed by atoms with E-state index in [0.29, 0.717) is 0 Å². The molecular formula is C14H17FN2O. The lowest BCUT2D eigenvalue weighted by molar-refractivity contribution is 0.0919. The maximum atomic E-state index is 13.6. The SMILES string of the molecule is CC(C)(C)NC(=O)c1ccc(C#CCN)c(F)c1. The monoisotopic (exact) mass is 248 g/mol. The fourth-order valence-electron chi connectivity index (χ4n) is 1.32. The van der Waals surface area contributed by atoms with Crippen LogP contribution in [0.15, 0.2) is 18.2 Å². The van der Waals surface area contributed by atoms with Gasteiger partial charge in [-0.25, -0.2) is 4.39 Å². The molecule has 1 aromatic carbocycles. The zero-order chi connectivity index (χ0) is 13.8. The molecule has 0 fully saturated rings. The van der Waals surface area contributed by atoms with Gasteiger partial charge in [0.05, 0.1) is 12.1 Å². The van der Waals surface area contributed by atoms with Crippen LogP contribution in [0.5, 0.6) is 0 Å². The predicted octanol–water partition coefficient (Wildman–Crippen LogP) is 1.66. The molecule has 0 bridgehead atoms. The van der Waals surface area contributed by atoms with Crippen LogP contribution in [0.1, 0.15) is 36.7 Å². The lowest BCUT2D eigenvalue weighted by Crippen LogP contribution is -2.40. The largest absolute Gasteiger partial charge is 0.347 e. The number of amides is 1. The third-order valence-electron chi connectivity index (χ3n) is 2.04. The maximum absolute atomic E-state index is 13.6. The fraction of sp³-hybridized carbons (Fsp3) is 0.357. The molecule has 3 N–H and O–H groups in total. The highest BCUT2D eigenvalue weighted by Gasteiger charge is 2.16. The third-order valence-corrected chi connectivity index (χ3v) is 2.04. The topological polar surface area (TPSA) is 55.1 Å². The number of hydrogen-bond acceptors (Lipinski definition) is 2. The number of carbonyl (C=O) groups excluding carboxylic acids is 1. The van der Waals surface area contributed by atoms with Crippen LogP contribution in [0, 0.1) is 17.7 Å². The standard InChI is InChI=1S/C14H17FN2O/c1-14(2,3)17-13(18)11-7-6-10(5-4-8-16)12(15)9-11/h6-7,9H,8,16H2,1-3H3,(H,17,18). The Morgan fingerprint density at radius 2 is 2.11 bits per heavy atom. The van der Waals surface area contributed by atoms with Gasteiger partial charge in [0.1, 0.15) is 5.82 Å². The van der Waals surface area contributed by atoms with Crippen LogP contribution in [0.4, 0.5) is 4.39 Å². The van der Waals surface area contributed by atoms with Gasteiger partial charge < -0.3 is 11.1 Å². The van der Waals surface area contributed by atoms with Gasteiger partial charge in [-0.1, -0.05) is 11.8 Å². The Hall–Kier alpha value is -1.86. The average molecular weight is 248 g/mol. The van der Waals surface area contributed by atoms with Crippen LogP contribution in [-0.2, 0) is 0 Å². The Balaban J connectivity index is 2.94. The van der Waals surface area contributed by atoms with E-state index in [1.54, 1.807) is 6.07 Å². The normalized spacial score (nSPS) is 10.5. The summed E-state index contributed by atoms with van der Waals surface area (Å²) in [5.41, 5.74) is 5.38. The van der Waals surface area contributed by atoms with Gasteiger partial charge in [-0.3, -0.25) is 4.79 Å². The molecule has 3 nitrogen and oxygen atoms in total. The van der Waals surface area contributed by atoms with Gasteiger partial charge in [-0.05, 0) is 39.0 Å². The minimum atomic E-state index is -0.516. The summed E-state index contributed by atoms with van der Waals surface area (Å²) in [5.74, 6) is 4.35. The molecule has 0 heterocycles. The zero-order valence-electron chi connectivity index (χ0n) is 10.8. The van der Waals surface area contributed by atoms with E-state index >= 15 is 0 Å². The van der Waals surface area contributed by atoms with E-state index in [4.69, 9.17) is 5.73 Å². The summed E-state index contributed by atoms with van der Waals surface area (Å²) in [5, 5.41) is 2.76. The molecule has 0 aliphatic carbocycles. The second-order valence-corrected chi connectivity index (χ2v) is 4.90. The highest BCUT2D eigenvalue weighted by atomic mass is 19.1. The minimum absolute atomic E-state index is 0.172. The number of benzene rings is 1. The first-order chi connectivity index (χ1) is 8.33. The lowest BCUT2D eigenvalue weighted by Gasteiger charge is -2.20. The Morgan fingerprint density at radius 3 is 2.61 bits per heavy atom. The summed E-state index contributed by atoms with van der Waals surface area (Å²) in [7, 11) is 0. The average Bonchev–Trinajstić information content (AvgIpc) is 2.25. The van der Waals surface area contributed by atoms with Crippen molar-refractivity contribution in [2.75, 3.05) is 6.54 Å². The van der Waals surface area contributed by atoms with Crippen molar-refractivity contribution in [1.29, 1.82) is 0 Å². The molecule has 96 valence electrons. The molecule has 0 atom stereocenters. The molecule has 0 aliphatic heterocycles. The minimum Gasteiger partial charge on any atom is -0.347 e. The summed E-state index contributed by atoms with van der Waals surface area (Å²) in [6.07, 6.45) is 0. The quantitative estimate of drug-likeness (QED) is 0.743. The summed E-state index contributed by atoms with van der Waals surface area (Å²) in [4.78, 5) is 11.8. The Morgan fingerprint density at radius 1 is 1.44 bits per heavy atom. The van der Waals surface area contributed by atoms with E-state index in [-0.39, 0.29) is 29.1 Å². The van der Waals surface area contributed by atoms with E-state index in [1.165, 1.54) is 12.1 Å². The van der Waals surface area contributed by atoms with E-state index in [0.717, 1.165) is 0 Å². The summed E-state index contributed by atoms with van der Waals surface area (Å²) >= 11 is 0. The van der Waals surface area contributed by atoms with Gasteiger partial charge in [-0.15, -0.1) is 0 Å². The Labute approximate surface area is 107 Å². The smallest absolute Gasteiger partial charge is 0.251 e. The van der Waals surface area contributed by atoms with Gasteiger partial charge in [0, 0.05) is 11.1 Å². The molecular weight excluding hydrogens is 231 g/mol. The molecule has 0 spiro atoms. The van der Waals surface area contributed by atoms with Crippen molar-refractivity contribution < 1.29 is 9.18 Å². The van der Waals surface area contributed by atoms with Crippen LogP contribution < -0.4 is 11.1 Å². The van der Waals surface area contributed by atoms with Gasteiger partial charge in [0.2, 0.25) is 0 Å². The van der Waals surface area contributed by atoms with E-state index < -0.39 is 5.82 Å². The molecule has 0 saturated heterocycles. The second-order valence-electron chi connectivity index (χ2n) is 4.90. The van der Waals surface area contributed by atoms with Gasteiger partial charge in [0.15, 0.2) is 0 Å². The molecule has 4 heteroatoms. The first-order valence-corrected chi connectivity index (χ1v) is 5.64. The number of rotatable bonds is 1. The van der Waals surface area contributed by atoms with Crippen LogP contribution >= 0.6 is 0 Å². The van der Waals surface area contributed by atoms with Crippen LogP contribution in [-0.4, -0.2) is 18.0 Å². The number of halogens is 1. The highest BCUT2D eigenvalue weighted by molar-refractivity contribution is 5.94. The molecule has 1 aromatic rings. The first kappa shape index (κ1) is 14.2. The number of nitrogens with one attached hydrogen (secondary N) is 1. The van der Waals surface area contributed by atoms with Crippen molar-refractivity contribution >= 4 is 5.91 Å². The van der Waals surface area contributed by atoms with E-state index in [2.05, 4.69) is 17.2 Å². The van der Waals surface area contributed by atoms with Crippen molar-refractivity contribution in [3.63, 3.8) is 0 Å².